The Hall–Kier alpha value is -2.50. The summed E-state index contributed by atoms with van der Waals surface area (Å²) in [6, 6.07) is 0. The number of primary amides is 1. The van der Waals surface area contributed by atoms with E-state index in [-0.39, 0.29) is 0 Å². The van der Waals surface area contributed by atoms with Crippen LogP contribution in [0.15, 0.2) is 28.3 Å². The SMILES string of the molecule is NC(=O)C(O)(C(=O)NCC(F)(F)C(F)(F)F)C1=COC2=C(CCCC2)N=C1. The predicted octanol–water partition coefficient (Wildman–Crippen LogP) is 1.29. The fraction of sp³-hybridized carbons (Fsp3) is 0.533. The number of aliphatic hydroxyl groups is 1. The summed E-state index contributed by atoms with van der Waals surface area (Å²) >= 11 is 0. The molecule has 0 radical (unpaired) electrons. The van der Waals surface area contributed by atoms with E-state index in [1.165, 1.54) is 5.32 Å². The van der Waals surface area contributed by atoms with Crippen LogP contribution in [0.1, 0.15) is 25.7 Å². The van der Waals surface area contributed by atoms with Crippen LogP contribution in [0.2, 0.25) is 0 Å². The molecule has 0 aromatic heterocycles. The number of hydrogen-bond acceptors (Lipinski definition) is 5. The molecular formula is C15H16F5N3O4. The lowest BCUT2D eigenvalue weighted by Crippen LogP contribution is -2.59. The Morgan fingerprint density at radius 1 is 1.22 bits per heavy atom. The van der Waals surface area contributed by atoms with Crippen molar-refractivity contribution in [2.75, 3.05) is 6.54 Å². The molecule has 12 heteroatoms. The molecule has 1 unspecified atom stereocenters. The Labute approximate surface area is 149 Å². The third-order valence-corrected chi connectivity index (χ3v) is 4.07. The number of nitrogens with zero attached hydrogens (tertiary/aromatic N) is 1. The van der Waals surface area contributed by atoms with Crippen molar-refractivity contribution in [1.82, 2.24) is 5.32 Å². The molecule has 1 atom stereocenters. The molecule has 1 heterocycles. The Balaban J connectivity index is 2.23. The highest BCUT2D eigenvalue weighted by Crippen LogP contribution is 2.35. The number of allylic oxidation sites excluding steroid dienone is 2. The Morgan fingerprint density at radius 3 is 2.44 bits per heavy atom. The third-order valence-electron chi connectivity index (χ3n) is 4.07. The number of amides is 2. The number of halogens is 5. The Kier molecular flexibility index (Phi) is 5.59. The minimum atomic E-state index is -5.93. The van der Waals surface area contributed by atoms with Crippen molar-refractivity contribution in [3.8, 4) is 0 Å². The molecular weight excluding hydrogens is 381 g/mol. The lowest BCUT2D eigenvalue weighted by atomic mass is 9.93. The van der Waals surface area contributed by atoms with E-state index in [1.54, 1.807) is 0 Å². The number of rotatable bonds is 5. The standard InChI is InChI=1S/C15H16F5N3O4/c16-13(17,15(18,19)20)7-23-12(25)14(26,11(21)24)8-5-22-9-3-1-2-4-10(9)27-6-8/h5-6,26H,1-4,7H2,(H2,21,24)(H,23,25). The highest BCUT2D eigenvalue weighted by atomic mass is 19.4. The summed E-state index contributed by atoms with van der Waals surface area (Å²) in [7, 11) is 0. The molecule has 4 N–H and O–H groups in total. The van der Waals surface area contributed by atoms with Gasteiger partial charge in [-0.15, -0.1) is 0 Å². The highest BCUT2D eigenvalue weighted by molar-refractivity contribution is 6.15. The van der Waals surface area contributed by atoms with E-state index >= 15 is 0 Å². The second-order valence-electron chi connectivity index (χ2n) is 5.99. The molecule has 2 amide bonds. The molecule has 0 fully saturated rings. The Morgan fingerprint density at radius 2 is 1.85 bits per heavy atom. The van der Waals surface area contributed by atoms with Gasteiger partial charge in [0.2, 0.25) is 0 Å². The number of ether oxygens (including phenoxy) is 1. The van der Waals surface area contributed by atoms with Crippen LogP contribution in [-0.2, 0) is 14.3 Å². The zero-order valence-electron chi connectivity index (χ0n) is 13.8. The van der Waals surface area contributed by atoms with E-state index in [0.717, 1.165) is 25.3 Å². The van der Waals surface area contributed by atoms with Gasteiger partial charge in [0.1, 0.15) is 5.76 Å². The van der Waals surface area contributed by atoms with E-state index in [4.69, 9.17) is 10.5 Å². The van der Waals surface area contributed by atoms with Crippen LogP contribution in [0.25, 0.3) is 0 Å². The fourth-order valence-electron chi connectivity index (χ4n) is 2.42. The average molecular weight is 397 g/mol. The van der Waals surface area contributed by atoms with Crippen molar-refractivity contribution < 1.29 is 41.4 Å². The van der Waals surface area contributed by atoms with E-state index in [1.807, 2.05) is 0 Å². The molecule has 1 aliphatic carbocycles. The maximum atomic E-state index is 13.0. The zero-order chi connectivity index (χ0) is 20.5. The van der Waals surface area contributed by atoms with Gasteiger partial charge in [-0.3, -0.25) is 14.6 Å². The highest BCUT2D eigenvalue weighted by Gasteiger charge is 2.58. The lowest BCUT2D eigenvalue weighted by Gasteiger charge is -2.26. The van der Waals surface area contributed by atoms with Gasteiger partial charge in [0.25, 0.3) is 17.4 Å². The van der Waals surface area contributed by atoms with Crippen LogP contribution < -0.4 is 11.1 Å². The van der Waals surface area contributed by atoms with E-state index in [2.05, 4.69) is 4.99 Å². The van der Waals surface area contributed by atoms with Gasteiger partial charge in [0.05, 0.1) is 24.1 Å². The molecule has 0 saturated heterocycles. The molecule has 150 valence electrons. The van der Waals surface area contributed by atoms with Crippen molar-refractivity contribution in [1.29, 1.82) is 0 Å². The first kappa shape index (κ1) is 20.8. The Bertz CT molecular complexity index is 729. The summed E-state index contributed by atoms with van der Waals surface area (Å²) in [5.74, 6) is -8.40. The lowest BCUT2D eigenvalue weighted by molar-refractivity contribution is -0.278. The second kappa shape index (κ2) is 7.25. The maximum Gasteiger partial charge on any atom is 0.455 e. The average Bonchev–Trinajstić information content (AvgIpc) is 2.80. The summed E-state index contributed by atoms with van der Waals surface area (Å²) in [5, 5.41) is 11.6. The number of alkyl halides is 5. The molecule has 27 heavy (non-hydrogen) atoms. The first-order chi connectivity index (χ1) is 12.4. The van der Waals surface area contributed by atoms with Crippen molar-refractivity contribution >= 4 is 18.0 Å². The number of aliphatic imine (C=N–C) groups is 1. The summed E-state index contributed by atoms with van der Waals surface area (Å²) in [5.41, 5.74) is 1.65. The van der Waals surface area contributed by atoms with Crippen molar-refractivity contribution in [2.45, 2.75) is 43.4 Å². The van der Waals surface area contributed by atoms with Gasteiger partial charge in [0.15, 0.2) is 0 Å². The molecule has 0 aromatic carbocycles. The minimum Gasteiger partial charge on any atom is -0.467 e. The molecule has 0 bridgehead atoms. The van der Waals surface area contributed by atoms with Crippen LogP contribution in [0.5, 0.6) is 0 Å². The summed E-state index contributed by atoms with van der Waals surface area (Å²) in [6.07, 6.45) is -1.60. The van der Waals surface area contributed by atoms with Gasteiger partial charge in [-0.25, -0.2) is 0 Å². The summed E-state index contributed by atoms with van der Waals surface area (Å²) in [4.78, 5) is 27.7. The molecule has 2 rings (SSSR count). The number of carbonyl (C=O) groups is 2. The van der Waals surface area contributed by atoms with Crippen molar-refractivity contribution in [3.05, 3.63) is 23.3 Å². The van der Waals surface area contributed by atoms with E-state index in [0.29, 0.717) is 24.3 Å². The van der Waals surface area contributed by atoms with Gasteiger partial charge in [-0.1, -0.05) is 0 Å². The molecule has 7 nitrogen and oxygen atoms in total. The van der Waals surface area contributed by atoms with Crippen molar-refractivity contribution in [3.63, 3.8) is 0 Å². The third kappa shape index (κ3) is 4.10. The predicted molar refractivity (Wildman–Crippen MR) is 81.3 cm³/mol. The van der Waals surface area contributed by atoms with Gasteiger partial charge < -0.3 is 20.9 Å². The van der Waals surface area contributed by atoms with Crippen LogP contribution in [-0.4, -0.2) is 47.4 Å². The topological polar surface area (TPSA) is 114 Å². The summed E-state index contributed by atoms with van der Waals surface area (Å²) in [6.45, 7) is -2.19. The van der Waals surface area contributed by atoms with E-state index in [9.17, 15) is 36.6 Å². The number of carbonyl (C=O) groups excluding carboxylic acids is 2. The molecule has 0 aromatic rings. The largest absolute Gasteiger partial charge is 0.467 e. The molecule has 2 aliphatic rings. The van der Waals surface area contributed by atoms with Crippen LogP contribution in [0.4, 0.5) is 22.0 Å². The first-order valence-corrected chi connectivity index (χ1v) is 7.78. The molecule has 0 saturated carbocycles. The number of hydrogen-bond donors (Lipinski definition) is 3. The normalized spacial score (nSPS) is 20.0. The first-order valence-electron chi connectivity index (χ1n) is 7.78. The monoisotopic (exact) mass is 397 g/mol. The van der Waals surface area contributed by atoms with Crippen LogP contribution in [0.3, 0.4) is 0 Å². The maximum absolute atomic E-state index is 13.0. The van der Waals surface area contributed by atoms with Gasteiger partial charge in [-0.05, 0) is 19.3 Å². The van der Waals surface area contributed by atoms with Crippen LogP contribution >= 0.6 is 0 Å². The smallest absolute Gasteiger partial charge is 0.455 e. The minimum absolute atomic E-state index is 0.434. The number of nitrogens with one attached hydrogen (secondary N) is 1. The molecule has 0 spiro atoms. The number of nitrogens with two attached hydrogens (primary N) is 1. The van der Waals surface area contributed by atoms with Gasteiger partial charge in [-0.2, -0.15) is 22.0 Å². The fourth-order valence-corrected chi connectivity index (χ4v) is 2.42. The quantitative estimate of drug-likeness (QED) is 0.479. The zero-order valence-corrected chi connectivity index (χ0v) is 13.8. The molecule has 1 aliphatic heterocycles. The van der Waals surface area contributed by atoms with Gasteiger partial charge >= 0.3 is 12.1 Å². The second-order valence-corrected chi connectivity index (χ2v) is 5.99. The van der Waals surface area contributed by atoms with Gasteiger partial charge in [0, 0.05) is 12.6 Å². The van der Waals surface area contributed by atoms with E-state index < -0.39 is 41.6 Å². The van der Waals surface area contributed by atoms with Crippen LogP contribution in [0, 0.1) is 0 Å². The van der Waals surface area contributed by atoms with Crippen molar-refractivity contribution in [2.24, 2.45) is 10.7 Å². The summed E-state index contributed by atoms with van der Waals surface area (Å²) < 4.78 is 67.9.